The Bertz CT molecular complexity index is 1110. The Morgan fingerprint density at radius 2 is 1.32 bits per heavy atom. The minimum absolute atomic E-state index is 0.273. The number of rotatable bonds is 7. The summed E-state index contributed by atoms with van der Waals surface area (Å²) in [6, 6.07) is 17.2. The van der Waals surface area contributed by atoms with Gasteiger partial charge in [0.1, 0.15) is 5.75 Å². The molecular weight excluding hydrogens is 396 g/mol. The third kappa shape index (κ3) is 5.14. The normalized spacial score (nSPS) is 10.2. The van der Waals surface area contributed by atoms with Crippen molar-refractivity contribution in [2.45, 2.75) is 6.92 Å². The summed E-state index contributed by atoms with van der Waals surface area (Å²) in [5.41, 5.74) is 2.86. The molecular formula is C24H24N2O5. The molecule has 3 rings (SSSR count). The van der Waals surface area contributed by atoms with E-state index in [2.05, 4.69) is 10.6 Å². The van der Waals surface area contributed by atoms with Gasteiger partial charge in [-0.3, -0.25) is 9.59 Å². The molecule has 2 N–H and O–H groups in total. The fourth-order valence-electron chi connectivity index (χ4n) is 3.04. The number of ether oxygens (including phenoxy) is 3. The highest BCUT2D eigenvalue weighted by atomic mass is 16.5. The molecule has 0 aliphatic rings. The molecule has 0 unspecified atom stereocenters. The summed E-state index contributed by atoms with van der Waals surface area (Å²) in [6.07, 6.45) is 0. The van der Waals surface area contributed by atoms with Crippen molar-refractivity contribution in [1.29, 1.82) is 0 Å². The number of aryl methyl sites for hydroxylation is 1. The molecule has 3 aromatic rings. The van der Waals surface area contributed by atoms with E-state index in [-0.39, 0.29) is 11.8 Å². The van der Waals surface area contributed by atoms with Crippen molar-refractivity contribution < 1.29 is 23.8 Å². The van der Waals surface area contributed by atoms with Gasteiger partial charge in [0.2, 0.25) is 0 Å². The smallest absolute Gasteiger partial charge is 0.255 e. The number of nitrogens with one attached hydrogen (secondary N) is 2. The molecule has 0 aliphatic heterocycles. The van der Waals surface area contributed by atoms with E-state index in [4.69, 9.17) is 14.2 Å². The van der Waals surface area contributed by atoms with Gasteiger partial charge in [0, 0.05) is 16.8 Å². The van der Waals surface area contributed by atoms with Crippen molar-refractivity contribution in [3.05, 3.63) is 77.4 Å². The Kier molecular flexibility index (Phi) is 6.77. The van der Waals surface area contributed by atoms with Crippen LogP contribution in [0.15, 0.2) is 60.7 Å². The van der Waals surface area contributed by atoms with Gasteiger partial charge in [-0.15, -0.1) is 0 Å². The lowest BCUT2D eigenvalue weighted by Crippen LogP contribution is -2.15. The summed E-state index contributed by atoms with van der Waals surface area (Å²) in [4.78, 5) is 25.3. The van der Waals surface area contributed by atoms with Crippen LogP contribution < -0.4 is 24.8 Å². The molecule has 0 saturated carbocycles. The number of carbonyl (C=O) groups is 2. The Morgan fingerprint density at radius 3 is 2.00 bits per heavy atom. The molecule has 0 radical (unpaired) electrons. The first-order valence-electron chi connectivity index (χ1n) is 9.54. The van der Waals surface area contributed by atoms with Gasteiger partial charge in [-0.2, -0.15) is 0 Å². The molecule has 0 aromatic heterocycles. The van der Waals surface area contributed by atoms with Gasteiger partial charge < -0.3 is 24.8 Å². The van der Waals surface area contributed by atoms with Crippen molar-refractivity contribution in [3.63, 3.8) is 0 Å². The molecule has 160 valence electrons. The zero-order chi connectivity index (χ0) is 22.4. The van der Waals surface area contributed by atoms with Crippen molar-refractivity contribution >= 4 is 23.2 Å². The van der Waals surface area contributed by atoms with E-state index >= 15 is 0 Å². The maximum atomic E-state index is 12.7. The van der Waals surface area contributed by atoms with Crippen LogP contribution in [0.1, 0.15) is 26.3 Å². The first-order chi connectivity index (χ1) is 14.9. The van der Waals surface area contributed by atoms with E-state index in [0.29, 0.717) is 39.8 Å². The van der Waals surface area contributed by atoms with Gasteiger partial charge in [-0.25, -0.2) is 0 Å². The molecule has 3 aromatic carbocycles. The zero-order valence-electron chi connectivity index (χ0n) is 17.8. The van der Waals surface area contributed by atoms with Crippen LogP contribution in [-0.4, -0.2) is 33.1 Å². The average molecular weight is 420 g/mol. The third-order valence-corrected chi connectivity index (χ3v) is 4.63. The van der Waals surface area contributed by atoms with E-state index in [0.717, 1.165) is 5.56 Å². The van der Waals surface area contributed by atoms with Gasteiger partial charge in [0.25, 0.3) is 11.8 Å². The minimum Gasteiger partial charge on any atom is -0.495 e. The molecule has 0 atom stereocenters. The lowest BCUT2D eigenvalue weighted by Gasteiger charge is -2.14. The predicted octanol–water partition coefficient (Wildman–Crippen LogP) is 4.53. The lowest BCUT2D eigenvalue weighted by atomic mass is 10.1. The second-order valence-corrected chi connectivity index (χ2v) is 6.76. The van der Waals surface area contributed by atoms with E-state index in [1.807, 2.05) is 19.1 Å². The monoisotopic (exact) mass is 420 g/mol. The van der Waals surface area contributed by atoms with Crippen LogP contribution in [-0.2, 0) is 0 Å². The van der Waals surface area contributed by atoms with E-state index in [1.165, 1.54) is 21.3 Å². The average Bonchev–Trinajstić information content (AvgIpc) is 2.78. The molecule has 0 fully saturated rings. The van der Waals surface area contributed by atoms with Crippen LogP contribution in [0.2, 0.25) is 0 Å². The van der Waals surface area contributed by atoms with Crippen molar-refractivity contribution in [3.8, 4) is 17.2 Å². The maximum absolute atomic E-state index is 12.7. The third-order valence-electron chi connectivity index (χ3n) is 4.63. The van der Waals surface area contributed by atoms with Gasteiger partial charge in [-0.05, 0) is 55.5 Å². The lowest BCUT2D eigenvalue weighted by molar-refractivity contribution is 0.101. The fraction of sp³-hybridized carbons (Fsp3) is 0.167. The summed E-state index contributed by atoms with van der Waals surface area (Å²) in [5.74, 6) is 0.859. The first kappa shape index (κ1) is 21.7. The zero-order valence-corrected chi connectivity index (χ0v) is 17.8. The molecule has 0 bridgehead atoms. The number of hydrogen-bond donors (Lipinski definition) is 2. The number of benzene rings is 3. The van der Waals surface area contributed by atoms with Crippen molar-refractivity contribution in [2.24, 2.45) is 0 Å². The molecule has 31 heavy (non-hydrogen) atoms. The van der Waals surface area contributed by atoms with E-state index in [1.54, 1.807) is 48.5 Å². The first-order valence-corrected chi connectivity index (χ1v) is 9.54. The van der Waals surface area contributed by atoms with E-state index < -0.39 is 0 Å². The Labute approximate surface area is 180 Å². The number of anilines is 2. The number of carbonyl (C=O) groups excluding carboxylic acids is 2. The second-order valence-electron chi connectivity index (χ2n) is 6.76. The largest absolute Gasteiger partial charge is 0.495 e. The highest BCUT2D eigenvalue weighted by molar-refractivity contribution is 6.07. The summed E-state index contributed by atoms with van der Waals surface area (Å²) >= 11 is 0. The molecule has 7 nitrogen and oxygen atoms in total. The van der Waals surface area contributed by atoms with Crippen molar-refractivity contribution in [1.82, 2.24) is 0 Å². The summed E-state index contributed by atoms with van der Waals surface area (Å²) in [5, 5.41) is 5.66. The topological polar surface area (TPSA) is 85.9 Å². The molecule has 0 spiro atoms. The highest BCUT2D eigenvalue weighted by Crippen LogP contribution is 2.30. The number of amides is 2. The molecule has 7 heteroatoms. The van der Waals surface area contributed by atoms with Gasteiger partial charge >= 0.3 is 0 Å². The van der Waals surface area contributed by atoms with Crippen LogP contribution >= 0.6 is 0 Å². The molecule has 0 heterocycles. The summed E-state index contributed by atoms with van der Waals surface area (Å²) in [6.45, 7) is 1.92. The Balaban J connectivity index is 1.81. The number of hydrogen-bond acceptors (Lipinski definition) is 5. The van der Waals surface area contributed by atoms with Crippen LogP contribution in [0.4, 0.5) is 11.4 Å². The van der Waals surface area contributed by atoms with Crippen molar-refractivity contribution in [2.75, 3.05) is 32.0 Å². The number of methoxy groups -OCH3 is 3. The van der Waals surface area contributed by atoms with Crippen LogP contribution in [0, 0.1) is 6.92 Å². The highest BCUT2D eigenvalue weighted by Gasteiger charge is 2.14. The summed E-state index contributed by atoms with van der Waals surface area (Å²) in [7, 11) is 4.55. The fourth-order valence-corrected chi connectivity index (χ4v) is 3.04. The SMILES string of the molecule is COc1ccc(NC(=O)c2ccc(OC)c(OC)c2)cc1NC(=O)c1cccc(C)c1. The molecule has 0 aliphatic carbocycles. The quantitative estimate of drug-likeness (QED) is 0.587. The van der Waals surface area contributed by atoms with Crippen LogP contribution in [0.5, 0.6) is 17.2 Å². The Morgan fingerprint density at radius 1 is 0.677 bits per heavy atom. The molecule has 0 saturated heterocycles. The maximum Gasteiger partial charge on any atom is 0.255 e. The Hall–Kier alpha value is -4.00. The predicted molar refractivity (Wildman–Crippen MR) is 120 cm³/mol. The van der Waals surface area contributed by atoms with Gasteiger partial charge in [0.05, 0.1) is 27.0 Å². The molecule has 2 amide bonds. The van der Waals surface area contributed by atoms with Crippen LogP contribution in [0.25, 0.3) is 0 Å². The van der Waals surface area contributed by atoms with Crippen LogP contribution in [0.3, 0.4) is 0 Å². The van der Waals surface area contributed by atoms with Gasteiger partial charge in [0.15, 0.2) is 11.5 Å². The van der Waals surface area contributed by atoms with Gasteiger partial charge in [-0.1, -0.05) is 17.7 Å². The van der Waals surface area contributed by atoms with E-state index in [9.17, 15) is 9.59 Å². The minimum atomic E-state index is -0.331. The second kappa shape index (κ2) is 9.67. The summed E-state index contributed by atoms with van der Waals surface area (Å²) < 4.78 is 15.8. The standard InChI is InChI=1S/C24H24N2O5/c1-15-6-5-7-16(12-15)24(28)26-19-14-18(9-11-20(19)29-2)25-23(27)17-8-10-21(30-3)22(13-17)31-4/h5-14H,1-4H3,(H,25,27)(H,26,28).